The van der Waals surface area contributed by atoms with Gasteiger partial charge in [-0.15, -0.1) is 0 Å². The molecule has 0 saturated heterocycles. The fourth-order valence-corrected chi connectivity index (χ4v) is 2.33. The summed E-state index contributed by atoms with van der Waals surface area (Å²) in [5, 5.41) is 8.92. The fraction of sp³-hybridized carbons (Fsp3) is 0.222. The summed E-state index contributed by atoms with van der Waals surface area (Å²) in [5.41, 5.74) is 0.363. The Balaban J connectivity index is 1.44. The first-order chi connectivity index (χ1) is 13.6. The smallest absolute Gasteiger partial charge is 0.253 e. The number of aromatic nitrogens is 5. The van der Waals surface area contributed by atoms with Crippen LogP contribution in [0.2, 0.25) is 0 Å². The lowest BCUT2D eigenvalue weighted by Gasteiger charge is -2.09. The molecule has 0 aliphatic carbocycles. The number of carbonyl (C=O) groups excluding carboxylic acids is 1. The molecule has 1 amide bonds. The zero-order valence-electron chi connectivity index (χ0n) is 15.3. The average molecular weight is 380 g/mol. The standard InChI is InChI=1S/C18H20N8O2/c1-13-8-18(28)26(12-24-13)10-17(27)21-7-6-20-15-9-16(23-11-22-15)25-14-4-2-3-5-19-14/h2-5,8-9,11-12H,6-7,10H2,1H3,(H,21,27)(H2,19,20,22,23,25). The van der Waals surface area contributed by atoms with Gasteiger partial charge in [0.05, 0.1) is 6.33 Å². The van der Waals surface area contributed by atoms with Crippen molar-refractivity contribution in [2.24, 2.45) is 0 Å². The highest BCUT2D eigenvalue weighted by molar-refractivity contribution is 5.75. The Hall–Kier alpha value is -3.82. The molecular weight excluding hydrogens is 360 g/mol. The van der Waals surface area contributed by atoms with Gasteiger partial charge in [0.25, 0.3) is 5.56 Å². The fourth-order valence-electron chi connectivity index (χ4n) is 2.33. The van der Waals surface area contributed by atoms with Crippen molar-refractivity contribution in [2.45, 2.75) is 13.5 Å². The van der Waals surface area contributed by atoms with E-state index in [1.54, 1.807) is 19.2 Å². The van der Waals surface area contributed by atoms with Gasteiger partial charge in [0.2, 0.25) is 5.91 Å². The van der Waals surface area contributed by atoms with Gasteiger partial charge in [-0.05, 0) is 19.1 Å². The molecule has 0 bridgehead atoms. The minimum atomic E-state index is -0.269. The van der Waals surface area contributed by atoms with Gasteiger partial charge in [0.1, 0.15) is 30.3 Å². The molecular formula is C18H20N8O2. The molecule has 3 heterocycles. The predicted molar refractivity (Wildman–Crippen MR) is 104 cm³/mol. The van der Waals surface area contributed by atoms with E-state index in [-0.39, 0.29) is 18.0 Å². The predicted octanol–water partition coefficient (Wildman–Crippen LogP) is 0.709. The zero-order valence-corrected chi connectivity index (χ0v) is 15.3. The first-order valence-electron chi connectivity index (χ1n) is 8.64. The van der Waals surface area contributed by atoms with E-state index in [0.717, 1.165) is 0 Å². The SMILES string of the molecule is Cc1cc(=O)n(CC(=O)NCCNc2cc(Nc3ccccn3)ncn2)cn1. The molecule has 3 N–H and O–H groups in total. The summed E-state index contributed by atoms with van der Waals surface area (Å²) in [4.78, 5) is 40.2. The monoisotopic (exact) mass is 380 g/mol. The van der Waals surface area contributed by atoms with Crippen molar-refractivity contribution in [3.8, 4) is 0 Å². The maximum atomic E-state index is 11.9. The van der Waals surface area contributed by atoms with Gasteiger partial charge in [0, 0.05) is 37.1 Å². The summed E-state index contributed by atoms with van der Waals surface area (Å²) in [7, 11) is 0. The Labute approximate surface area is 161 Å². The van der Waals surface area contributed by atoms with Gasteiger partial charge >= 0.3 is 0 Å². The lowest BCUT2D eigenvalue weighted by atomic mass is 10.4. The van der Waals surface area contributed by atoms with Crippen molar-refractivity contribution in [1.29, 1.82) is 0 Å². The summed E-state index contributed by atoms with van der Waals surface area (Å²) in [6, 6.07) is 8.67. The van der Waals surface area contributed by atoms with Gasteiger partial charge in [-0.2, -0.15) is 0 Å². The van der Waals surface area contributed by atoms with Crippen LogP contribution in [0.4, 0.5) is 17.5 Å². The molecule has 3 aromatic rings. The van der Waals surface area contributed by atoms with Crippen molar-refractivity contribution in [2.75, 3.05) is 23.7 Å². The van der Waals surface area contributed by atoms with Crippen molar-refractivity contribution < 1.29 is 4.79 Å². The minimum absolute atomic E-state index is 0.0717. The van der Waals surface area contributed by atoms with Crippen LogP contribution >= 0.6 is 0 Å². The third-order valence-corrected chi connectivity index (χ3v) is 3.67. The largest absolute Gasteiger partial charge is 0.368 e. The maximum Gasteiger partial charge on any atom is 0.253 e. The summed E-state index contributed by atoms with van der Waals surface area (Å²) in [6.45, 7) is 2.49. The number of hydrogen-bond acceptors (Lipinski definition) is 8. The van der Waals surface area contributed by atoms with Crippen LogP contribution in [-0.4, -0.2) is 43.5 Å². The molecule has 3 aromatic heterocycles. The molecule has 28 heavy (non-hydrogen) atoms. The molecule has 0 saturated carbocycles. The number of hydrogen-bond donors (Lipinski definition) is 3. The second-order valence-corrected chi connectivity index (χ2v) is 5.90. The van der Waals surface area contributed by atoms with E-state index in [1.807, 2.05) is 18.2 Å². The molecule has 10 heteroatoms. The Bertz CT molecular complexity index is 990. The quantitative estimate of drug-likeness (QED) is 0.488. The van der Waals surface area contributed by atoms with Crippen molar-refractivity contribution in [3.05, 3.63) is 65.2 Å². The van der Waals surface area contributed by atoms with Crippen molar-refractivity contribution >= 4 is 23.4 Å². The second kappa shape index (κ2) is 9.21. The lowest BCUT2D eigenvalue weighted by molar-refractivity contribution is -0.121. The van der Waals surface area contributed by atoms with Crippen LogP contribution < -0.4 is 21.5 Å². The van der Waals surface area contributed by atoms with E-state index in [1.165, 1.54) is 23.3 Å². The van der Waals surface area contributed by atoms with Crippen LogP contribution in [0.5, 0.6) is 0 Å². The highest BCUT2D eigenvalue weighted by Gasteiger charge is 2.05. The Kier molecular flexibility index (Phi) is 6.24. The van der Waals surface area contributed by atoms with Crippen molar-refractivity contribution in [3.63, 3.8) is 0 Å². The molecule has 0 atom stereocenters. The lowest BCUT2D eigenvalue weighted by Crippen LogP contribution is -2.34. The normalized spacial score (nSPS) is 10.3. The first-order valence-corrected chi connectivity index (χ1v) is 8.64. The maximum absolute atomic E-state index is 11.9. The molecule has 10 nitrogen and oxygen atoms in total. The van der Waals surface area contributed by atoms with E-state index in [0.29, 0.717) is 36.2 Å². The number of aryl methyl sites for hydroxylation is 1. The van der Waals surface area contributed by atoms with Gasteiger partial charge in [-0.1, -0.05) is 6.07 Å². The van der Waals surface area contributed by atoms with Crippen LogP contribution in [-0.2, 0) is 11.3 Å². The molecule has 0 fully saturated rings. The van der Waals surface area contributed by atoms with Crippen LogP contribution in [0.3, 0.4) is 0 Å². The van der Waals surface area contributed by atoms with Gasteiger partial charge in [-0.3, -0.25) is 14.2 Å². The number of pyridine rings is 1. The van der Waals surface area contributed by atoms with E-state index < -0.39 is 0 Å². The molecule has 0 aromatic carbocycles. The molecule has 0 aliphatic rings. The van der Waals surface area contributed by atoms with E-state index in [4.69, 9.17) is 0 Å². The third kappa shape index (κ3) is 5.59. The minimum Gasteiger partial charge on any atom is -0.368 e. The van der Waals surface area contributed by atoms with E-state index in [9.17, 15) is 9.59 Å². The van der Waals surface area contributed by atoms with Gasteiger partial charge in [-0.25, -0.2) is 19.9 Å². The number of amides is 1. The number of carbonyl (C=O) groups is 1. The summed E-state index contributed by atoms with van der Waals surface area (Å²) < 4.78 is 1.26. The molecule has 3 rings (SSSR count). The third-order valence-electron chi connectivity index (χ3n) is 3.67. The van der Waals surface area contributed by atoms with Gasteiger partial charge < -0.3 is 16.0 Å². The van der Waals surface area contributed by atoms with E-state index in [2.05, 4.69) is 35.9 Å². The van der Waals surface area contributed by atoms with Crippen LogP contribution in [0.1, 0.15) is 5.69 Å². The number of rotatable bonds is 8. The Morgan fingerprint density at radius 3 is 2.68 bits per heavy atom. The molecule has 0 radical (unpaired) electrons. The topological polar surface area (TPSA) is 127 Å². The van der Waals surface area contributed by atoms with E-state index >= 15 is 0 Å². The molecule has 0 aliphatic heterocycles. The van der Waals surface area contributed by atoms with Crippen LogP contribution in [0, 0.1) is 6.92 Å². The van der Waals surface area contributed by atoms with Crippen molar-refractivity contribution in [1.82, 2.24) is 29.8 Å². The molecule has 0 unspecified atom stereocenters. The highest BCUT2D eigenvalue weighted by Crippen LogP contribution is 2.13. The second-order valence-electron chi connectivity index (χ2n) is 5.90. The summed E-state index contributed by atoms with van der Waals surface area (Å²) in [5.74, 6) is 1.63. The van der Waals surface area contributed by atoms with Crippen LogP contribution in [0.15, 0.2) is 54.0 Å². The number of anilines is 3. The summed E-state index contributed by atoms with van der Waals surface area (Å²) in [6.07, 6.45) is 4.49. The average Bonchev–Trinajstić information content (AvgIpc) is 2.69. The first kappa shape index (κ1) is 19.0. The molecule has 144 valence electrons. The Morgan fingerprint density at radius 1 is 1.04 bits per heavy atom. The Morgan fingerprint density at radius 2 is 1.89 bits per heavy atom. The summed E-state index contributed by atoms with van der Waals surface area (Å²) >= 11 is 0. The zero-order chi connectivity index (χ0) is 19.8. The number of nitrogens with zero attached hydrogens (tertiary/aromatic N) is 5. The number of nitrogens with one attached hydrogen (secondary N) is 3. The van der Waals surface area contributed by atoms with Gasteiger partial charge in [0.15, 0.2) is 0 Å². The van der Waals surface area contributed by atoms with Crippen LogP contribution in [0.25, 0.3) is 0 Å². The highest BCUT2D eigenvalue weighted by atomic mass is 16.2. The molecule has 0 spiro atoms.